The molecule has 7 heteroatoms. The predicted octanol–water partition coefficient (Wildman–Crippen LogP) is 3.31. The van der Waals surface area contributed by atoms with Crippen LogP contribution in [0, 0.1) is 0 Å². The van der Waals surface area contributed by atoms with Crippen molar-refractivity contribution in [3.63, 3.8) is 0 Å². The topological polar surface area (TPSA) is 52.3 Å². The Kier molecular flexibility index (Phi) is 5.20. The molecule has 0 saturated heterocycles. The summed E-state index contributed by atoms with van der Waals surface area (Å²) in [4.78, 5) is 11.3. The summed E-state index contributed by atoms with van der Waals surface area (Å²) in [6.07, 6.45) is -4.79. The maximum absolute atomic E-state index is 12.7. The third kappa shape index (κ3) is 4.11. The van der Waals surface area contributed by atoms with Gasteiger partial charge in [0.2, 0.25) is 0 Å². The van der Waals surface area contributed by atoms with E-state index in [2.05, 4.69) is 4.74 Å². The lowest BCUT2D eigenvalue weighted by molar-refractivity contribution is -0.143. The molecule has 1 aromatic carbocycles. The van der Waals surface area contributed by atoms with E-state index in [-0.39, 0.29) is 18.6 Å². The quantitative estimate of drug-likeness (QED) is 0.867. The van der Waals surface area contributed by atoms with E-state index in [4.69, 9.17) is 17.3 Å². The predicted molar refractivity (Wildman–Crippen MR) is 64.6 cm³/mol. The van der Waals surface area contributed by atoms with E-state index >= 15 is 0 Å². The molecule has 0 radical (unpaired) electrons. The Morgan fingerprint density at radius 3 is 2.63 bits per heavy atom. The molecule has 0 bridgehead atoms. The molecule has 0 aliphatic rings. The molecular formula is C12H13ClF3NO2. The van der Waals surface area contributed by atoms with Gasteiger partial charge in [-0.05, 0) is 18.6 Å². The van der Waals surface area contributed by atoms with Gasteiger partial charge in [0, 0.05) is 6.04 Å². The molecule has 0 heterocycles. The van der Waals surface area contributed by atoms with Gasteiger partial charge in [-0.25, -0.2) is 0 Å². The Balaban J connectivity index is 2.98. The minimum absolute atomic E-state index is 0.0737. The van der Waals surface area contributed by atoms with Crippen molar-refractivity contribution in [2.45, 2.75) is 25.6 Å². The van der Waals surface area contributed by atoms with Gasteiger partial charge in [-0.2, -0.15) is 13.2 Å². The summed E-state index contributed by atoms with van der Waals surface area (Å²) in [7, 11) is 0. The van der Waals surface area contributed by atoms with E-state index in [1.807, 2.05) is 0 Å². The van der Waals surface area contributed by atoms with Gasteiger partial charge >= 0.3 is 12.1 Å². The smallest absolute Gasteiger partial charge is 0.417 e. The van der Waals surface area contributed by atoms with Gasteiger partial charge < -0.3 is 10.5 Å². The van der Waals surface area contributed by atoms with Crippen LogP contribution in [0.15, 0.2) is 18.2 Å². The fourth-order valence-corrected chi connectivity index (χ4v) is 1.94. The molecule has 0 aliphatic carbocycles. The van der Waals surface area contributed by atoms with Crippen LogP contribution in [0.25, 0.3) is 0 Å². The summed E-state index contributed by atoms with van der Waals surface area (Å²) in [5, 5.41) is -0.480. The van der Waals surface area contributed by atoms with Crippen molar-refractivity contribution in [3.8, 4) is 0 Å². The number of ether oxygens (including phenoxy) is 1. The monoisotopic (exact) mass is 295 g/mol. The number of benzene rings is 1. The van der Waals surface area contributed by atoms with Gasteiger partial charge in [-0.1, -0.05) is 23.7 Å². The summed E-state index contributed by atoms with van der Waals surface area (Å²) < 4.78 is 42.7. The van der Waals surface area contributed by atoms with Crippen LogP contribution in [0.5, 0.6) is 0 Å². The van der Waals surface area contributed by atoms with E-state index in [1.165, 1.54) is 12.1 Å². The lowest BCUT2D eigenvalue weighted by Gasteiger charge is -2.16. The van der Waals surface area contributed by atoms with Crippen LogP contribution in [-0.2, 0) is 15.7 Å². The van der Waals surface area contributed by atoms with Crippen molar-refractivity contribution in [3.05, 3.63) is 34.3 Å². The maximum atomic E-state index is 12.7. The van der Waals surface area contributed by atoms with Gasteiger partial charge in [-0.3, -0.25) is 4.79 Å². The molecule has 0 unspecified atom stereocenters. The molecule has 2 N–H and O–H groups in total. The molecule has 1 atom stereocenters. The molecule has 0 aromatic heterocycles. The summed E-state index contributed by atoms with van der Waals surface area (Å²) >= 11 is 5.70. The number of carbonyl (C=O) groups excluding carboxylic acids is 1. The molecule has 0 saturated carbocycles. The molecule has 0 amide bonds. The van der Waals surface area contributed by atoms with E-state index in [9.17, 15) is 18.0 Å². The first kappa shape index (κ1) is 15.8. The van der Waals surface area contributed by atoms with E-state index in [0.29, 0.717) is 0 Å². The molecular weight excluding hydrogens is 283 g/mol. The average molecular weight is 296 g/mol. The van der Waals surface area contributed by atoms with Crippen molar-refractivity contribution in [1.82, 2.24) is 0 Å². The summed E-state index contributed by atoms with van der Waals surface area (Å²) in [6, 6.07) is 2.49. The first-order chi connectivity index (χ1) is 8.77. The van der Waals surface area contributed by atoms with Crippen molar-refractivity contribution < 1.29 is 22.7 Å². The highest BCUT2D eigenvalue weighted by Gasteiger charge is 2.34. The van der Waals surface area contributed by atoms with Crippen molar-refractivity contribution in [2.75, 3.05) is 6.61 Å². The SMILES string of the molecule is CCOC(=O)C[C@H](N)c1cccc(C(F)(F)F)c1Cl. The Labute approximate surface area is 113 Å². The second-order valence-electron chi connectivity index (χ2n) is 3.82. The lowest BCUT2D eigenvalue weighted by atomic mass is 10.0. The molecule has 0 fully saturated rings. The van der Waals surface area contributed by atoms with Crippen molar-refractivity contribution >= 4 is 17.6 Å². The largest absolute Gasteiger partial charge is 0.466 e. The number of hydrogen-bond acceptors (Lipinski definition) is 3. The number of hydrogen-bond donors (Lipinski definition) is 1. The Morgan fingerprint density at radius 1 is 1.47 bits per heavy atom. The van der Waals surface area contributed by atoms with Gasteiger partial charge in [0.15, 0.2) is 0 Å². The van der Waals surface area contributed by atoms with E-state index in [1.54, 1.807) is 6.92 Å². The van der Waals surface area contributed by atoms with E-state index < -0.39 is 28.8 Å². The first-order valence-corrected chi connectivity index (χ1v) is 5.92. The van der Waals surface area contributed by atoms with Gasteiger partial charge in [0.25, 0.3) is 0 Å². The fraction of sp³-hybridized carbons (Fsp3) is 0.417. The molecule has 3 nitrogen and oxygen atoms in total. The maximum Gasteiger partial charge on any atom is 0.417 e. The standard InChI is InChI=1S/C12H13ClF3NO2/c1-2-19-10(18)6-9(17)7-4-3-5-8(11(7)13)12(14,15)16/h3-5,9H,2,6,17H2,1H3/t9-/m0/s1. The second kappa shape index (κ2) is 6.25. The van der Waals surface area contributed by atoms with Crippen LogP contribution in [0.3, 0.4) is 0 Å². The molecule has 0 spiro atoms. The Hall–Kier alpha value is -1.27. The molecule has 0 aliphatic heterocycles. The summed E-state index contributed by atoms with van der Waals surface area (Å²) in [6.45, 7) is 1.81. The highest BCUT2D eigenvalue weighted by Crippen LogP contribution is 2.38. The third-order valence-electron chi connectivity index (χ3n) is 2.43. The fourth-order valence-electron chi connectivity index (χ4n) is 1.56. The van der Waals surface area contributed by atoms with Gasteiger partial charge in [0.05, 0.1) is 23.6 Å². The second-order valence-corrected chi connectivity index (χ2v) is 4.20. The van der Waals surface area contributed by atoms with Gasteiger partial charge in [0.1, 0.15) is 0 Å². The molecule has 106 valence electrons. The van der Waals surface area contributed by atoms with Crippen molar-refractivity contribution in [1.29, 1.82) is 0 Å². The van der Waals surface area contributed by atoms with Crippen LogP contribution < -0.4 is 5.73 Å². The summed E-state index contributed by atoms with van der Waals surface area (Å²) in [5.41, 5.74) is 4.79. The number of esters is 1. The van der Waals surface area contributed by atoms with Crippen LogP contribution in [0.4, 0.5) is 13.2 Å². The Morgan fingerprint density at radius 2 is 2.11 bits per heavy atom. The minimum Gasteiger partial charge on any atom is -0.466 e. The molecule has 19 heavy (non-hydrogen) atoms. The zero-order valence-corrected chi connectivity index (χ0v) is 10.9. The van der Waals surface area contributed by atoms with Crippen LogP contribution in [0.2, 0.25) is 5.02 Å². The average Bonchev–Trinajstić information content (AvgIpc) is 2.27. The Bertz CT molecular complexity index is 463. The normalized spacial score (nSPS) is 13.2. The summed E-state index contributed by atoms with van der Waals surface area (Å²) in [5.74, 6) is -0.580. The zero-order valence-electron chi connectivity index (χ0n) is 10.1. The zero-order chi connectivity index (χ0) is 14.6. The lowest BCUT2D eigenvalue weighted by Crippen LogP contribution is -2.19. The van der Waals surface area contributed by atoms with Crippen molar-refractivity contribution in [2.24, 2.45) is 5.73 Å². The minimum atomic E-state index is -4.56. The van der Waals surface area contributed by atoms with Crippen LogP contribution in [0.1, 0.15) is 30.5 Å². The number of nitrogens with two attached hydrogens (primary N) is 1. The molecule has 1 rings (SSSR count). The molecule has 1 aromatic rings. The number of alkyl halides is 3. The van der Waals surface area contributed by atoms with Crippen LogP contribution in [-0.4, -0.2) is 12.6 Å². The number of halogens is 4. The van der Waals surface area contributed by atoms with E-state index in [0.717, 1.165) is 6.07 Å². The highest BCUT2D eigenvalue weighted by molar-refractivity contribution is 6.32. The third-order valence-corrected chi connectivity index (χ3v) is 2.85. The number of carbonyl (C=O) groups is 1. The highest BCUT2D eigenvalue weighted by atomic mass is 35.5. The van der Waals surface area contributed by atoms with Gasteiger partial charge in [-0.15, -0.1) is 0 Å². The number of rotatable bonds is 4. The first-order valence-electron chi connectivity index (χ1n) is 5.54. The van der Waals surface area contributed by atoms with Crippen LogP contribution >= 0.6 is 11.6 Å².